The molecule has 2 aromatic rings. The van der Waals surface area contributed by atoms with E-state index in [1.54, 1.807) is 30.6 Å². The summed E-state index contributed by atoms with van der Waals surface area (Å²) < 4.78 is 0. The van der Waals surface area contributed by atoms with Gasteiger partial charge in [-0.3, -0.25) is 14.5 Å². The lowest BCUT2D eigenvalue weighted by Gasteiger charge is -2.24. The summed E-state index contributed by atoms with van der Waals surface area (Å²) in [6, 6.07) is 13.1. The molecule has 0 saturated carbocycles. The molecule has 0 aromatic heterocycles. The van der Waals surface area contributed by atoms with Crippen LogP contribution in [0, 0.1) is 13.8 Å². The van der Waals surface area contributed by atoms with Crippen molar-refractivity contribution in [3.8, 4) is 0 Å². The van der Waals surface area contributed by atoms with Crippen LogP contribution in [0.2, 0.25) is 0 Å². The number of likely N-dealkylation sites (N-methyl/N-ethyl adjacent to an activating group) is 1. The van der Waals surface area contributed by atoms with E-state index in [4.69, 9.17) is 0 Å². The number of carbonyl (C=O) groups excluding carboxylic acids is 2. The minimum atomic E-state index is -0.441. The maximum absolute atomic E-state index is 12.6. The fourth-order valence-corrected chi connectivity index (χ4v) is 3.29. The SMILES string of the molecule is CSc1ccccc1NC(=O)C(C)N(C)CC(=O)Nc1c(C)cccc1C. The minimum absolute atomic E-state index is 0.131. The Morgan fingerprint density at radius 1 is 1.04 bits per heavy atom. The molecule has 0 fully saturated rings. The van der Waals surface area contributed by atoms with E-state index in [0.29, 0.717) is 0 Å². The fourth-order valence-electron chi connectivity index (χ4n) is 2.74. The molecule has 144 valence electrons. The van der Waals surface area contributed by atoms with Gasteiger partial charge in [-0.05, 0) is 57.3 Å². The summed E-state index contributed by atoms with van der Waals surface area (Å²) in [5, 5.41) is 5.91. The van der Waals surface area contributed by atoms with Gasteiger partial charge >= 0.3 is 0 Å². The van der Waals surface area contributed by atoms with Gasteiger partial charge in [0.15, 0.2) is 0 Å². The van der Waals surface area contributed by atoms with Crippen LogP contribution in [-0.2, 0) is 9.59 Å². The van der Waals surface area contributed by atoms with Crippen molar-refractivity contribution in [2.75, 3.05) is 30.5 Å². The van der Waals surface area contributed by atoms with Crippen LogP contribution in [0.25, 0.3) is 0 Å². The lowest BCUT2D eigenvalue weighted by Crippen LogP contribution is -2.43. The Kier molecular flexibility index (Phi) is 7.45. The third kappa shape index (κ3) is 5.58. The molecule has 2 aromatic carbocycles. The predicted molar refractivity (Wildman–Crippen MR) is 113 cm³/mol. The first kappa shape index (κ1) is 21.0. The van der Waals surface area contributed by atoms with Crippen LogP contribution >= 0.6 is 11.8 Å². The molecule has 0 saturated heterocycles. The Hall–Kier alpha value is -2.31. The number of benzene rings is 2. The van der Waals surface area contributed by atoms with Gasteiger partial charge < -0.3 is 10.6 Å². The Labute approximate surface area is 165 Å². The van der Waals surface area contributed by atoms with Gasteiger partial charge in [-0.25, -0.2) is 0 Å². The summed E-state index contributed by atoms with van der Waals surface area (Å²) in [6.45, 7) is 5.85. The predicted octanol–water partition coefficient (Wildman–Crippen LogP) is 3.92. The van der Waals surface area contributed by atoms with E-state index in [2.05, 4.69) is 10.6 Å². The summed E-state index contributed by atoms with van der Waals surface area (Å²) in [4.78, 5) is 27.7. The maximum atomic E-state index is 12.6. The normalized spacial score (nSPS) is 11.9. The van der Waals surface area contributed by atoms with E-state index < -0.39 is 6.04 Å². The molecule has 0 aliphatic carbocycles. The number of hydrogen-bond acceptors (Lipinski definition) is 4. The molecule has 5 nitrogen and oxygen atoms in total. The van der Waals surface area contributed by atoms with Gasteiger partial charge in [0.05, 0.1) is 18.3 Å². The number of para-hydroxylation sites is 2. The molecule has 6 heteroatoms. The molecule has 0 radical (unpaired) electrons. The average molecular weight is 386 g/mol. The number of carbonyl (C=O) groups is 2. The molecule has 2 N–H and O–H groups in total. The van der Waals surface area contributed by atoms with Crippen LogP contribution in [0.5, 0.6) is 0 Å². The molecule has 0 bridgehead atoms. The van der Waals surface area contributed by atoms with Crippen molar-refractivity contribution < 1.29 is 9.59 Å². The van der Waals surface area contributed by atoms with Crippen molar-refractivity contribution in [1.29, 1.82) is 0 Å². The highest BCUT2D eigenvalue weighted by atomic mass is 32.2. The average Bonchev–Trinajstić information content (AvgIpc) is 2.64. The summed E-state index contributed by atoms with van der Waals surface area (Å²) in [5.41, 5.74) is 3.66. The second-order valence-electron chi connectivity index (χ2n) is 6.60. The van der Waals surface area contributed by atoms with E-state index in [-0.39, 0.29) is 18.4 Å². The van der Waals surface area contributed by atoms with Gasteiger partial charge in [-0.15, -0.1) is 11.8 Å². The number of aryl methyl sites for hydroxylation is 2. The van der Waals surface area contributed by atoms with Gasteiger partial charge in [0.2, 0.25) is 11.8 Å². The first-order valence-corrected chi connectivity index (χ1v) is 10.1. The third-order valence-electron chi connectivity index (χ3n) is 4.54. The molecule has 1 atom stereocenters. The first-order valence-electron chi connectivity index (χ1n) is 8.83. The van der Waals surface area contributed by atoms with Gasteiger partial charge in [0, 0.05) is 10.6 Å². The number of thioether (sulfide) groups is 1. The Bertz CT molecular complexity index is 803. The standard InChI is InChI=1S/C21H27N3O2S/c1-14-9-8-10-15(2)20(14)23-19(25)13-24(4)16(3)21(26)22-17-11-6-7-12-18(17)27-5/h6-12,16H,13H2,1-5H3,(H,22,26)(H,23,25). The lowest BCUT2D eigenvalue weighted by atomic mass is 10.1. The zero-order chi connectivity index (χ0) is 20.0. The van der Waals surface area contributed by atoms with Crippen LogP contribution in [-0.4, -0.2) is 42.6 Å². The minimum Gasteiger partial charge on any atom is -0.324 e. The second-order valence-corrected chi connectivity index (χ2v) is 7.44. The highest BCUT2D eigenvalue weighted by Gasteiger charge is 2.21. The summed E-state index contributed by atoms with van der Waals surface area (Å²) in [6.07, 6.45) is 1.97. The van der Waals surface area contributed by atoms with Gasteiger partial charge in [0.1, 0.15) is 0 Å². The Balaban J connectivity index is 1.97. The van der Waals surface area contributed by atoms with E-state index >= 15 is 0 Å². The zero-order valence-corrected chi connectivity index (χ0v) is 17.3. The van der Waals surface area contributed by atoms with Gasteiger partial charge in [-0.1, -0.05) is 30.3 Å². The van der Waals surface area contributed by atoms with Crippen LogP contribution in [0.15, 0.2) is 47.4 Å². The van der Waals surface area contributed by atoms with E-state index in [0.717, 1.165) is 27.4 Å². The lowest BCUT2D eigenvalue weighted by molar-refractivity contribution is -0.122. The molecule has 1 unspecified atom stereocenters. The van der Waals surface area contributed by atoms with Crippen LogP contribution in [0.4, 0.5) is 11.4 Å². The number of nitrogens with zero attached hydrogens (tertiary/aromatic N) is 1. The maximum Gasteiger partial charge on any atom is 0.241 e. The number of nitrogens with one attached hydrogen (secondary N) is 2. The van der Waals surface area contributed by atoms with Crippen LogP contribution < -0.4 is 10.6 Å². The summed E-state index contributed by atoms with van der Waals surface area (Å²) in [5.74, 6) is -0.280. The molecule has 0 aliphatic heterocycles. The molecule has 0 aliphatic rings. The summed E-state index contributed by atoms with van der Waals surface area (Å²) >= 11 is 1.58. The van der Waals surface area contributed by atoms with Crippen molar-refractivity contribution >= 4 is 35.0 Å². The molecular weight excluding hydrogens is 358 g/mol. The Morgan fingerprint density at radius 3 is 2.30 bits per heavy atom. The quantitative estimate of drug-likeness (QED) is 0.709. The zero-order valence-electron chi connectivity index (χ0n) is 16.5. The topological polar surface area (TPSA) is 61.4 Å². The molecule has 2 amide bonds. The number of hydrogen-bond donors (Lipinski definition) is 2. The van der Waals surface area contributed by atoms with Crippen LogP contribution in [0.1, 0.15) is 18.1 Å². The number of anilines is 2. The highest BCUT2D eigenvalue weighted by molar-refractivity contribution is 7.98. The van der Waals surface area contributed by atoms with Gasteiger partial charge in [0.25, 0.3) is 0 Å². The third-order valence-corrected chi connectivity index (χ3v) is 5.34. The van der Waals surface area contributed by atoms with Crippen LogP contribution in [0.3, 0.4) is 0 Å². The highest BCUT2D eigenvalue weighted by Crippen LogP contribution is 2.25. The summed E-state index contributed by atoms with van der Waals surface area (Å²) in [7, 11) is 1.77. The first-order chi connectivity index (χ1) is 12.8. The number of rotatable bonds is 7. The molecule has 0 spiro atoms. The Morgan fingerprint density at radius 2 is 1.67 bits per heavy atom. The fraction of sp³-hybridized carbons (Fsp3) is 0.333. The van der Waals surface area contributed by atoms with E-state index in [9.17, 15) is 9.59 Å². The molecule has 2 rings (SSSR count). The number of amides is 2. The van der Waals surface area contributed by atoms with Crippen molar-refractivity contribution in [2.24, 2.45) is 0 Å². The van der Waals surface area contributed by atoms with E-state index in [1.807, 2.05) is 62.6 Å². The molecule has 27 heavy (non-hydrogen) atoms. The second kappa shape index (κ2) is 9.58. The monoisotopic (exact) mass is 385 g/mol. The molecule has 0 heterocycles. The van der Waals surface area contributed by atoms with Crippen molar-refractivity contribution in [2.45, 2.75) is 31.7 Å². The van der Waals surface area contributed by atoms with E-state index in [1.165, 1.54) is 0 Å². The smallest absolute Gasteiger partial charge is 0.241 e. The van der Waals surface area contributed by atoms with Gasteiger partial charge in [-0.2, -0.15) is 0 Å². The molecular formula is C21H27N3O2S. The van der Waals surface area contributed by atoms with Crippen molar-refractivity contribution in [3.05, 3.63) is 53.6 Å². The van der Waals surface area contributed by atoms with Crippen molar-refractivity contribution in [1.82, 2.24) is 4.90 Å². The van der Waals surface area contributed by atoms with Crippen molar-refractivity contribution in [3.63, 3.8) is 0 Å². The largest absolute Gasteiger partial charge is 0.324 e.